The van der Waals surface area contributed by atoms with Crippen LogP contribution in [0.2, 0.25) is 0 Å². The molecule has 2 aromatic rings. The van der Waals surface area contributed by atoms with Crippen LogP contribution >= 0.6 is 11.8 Å². The summed E-state index contributed by atoms with van der Waals surface area (Å²) in [6.07, 6.45) is 0. The standard InChI is InChI=1S/C14H12N2O3S/c1-15-11-4-2-9(8-17)6-13(11)20-14-7-10(16(18)19)3-5-12(14)15/h2-7,17H,8H2,1H3. The van der Waals surface area contributed by atoms with Crippen molar-refractivity contribution in [2.45, 2.75) is 16.4 Å². The maximum atomic E-state index is 10.9. The zero-order valence-electron chi connectivity index (χ0n) is 10.7. The molecule has 0 aliphatic carbocycles. The van der Waals surface area contributed by atoms with Crippen molar-refractivity contribution in [3.8, 4) is 0 Å². The predicted octanol–water partition coefficient (Wildman–Crippen LogP) is 3.32. The van der Waals surface area contributed by atoms with Crippen LogP contribution in [0.4, 0.5) is 17.1 Å². The fourth-order valence-corrected chi connectivity index (χ4v) is 3.49. The van der Waals surface area contributed by atoms with Gasteiger partial charge < -0.3 is 10.0 Å². The van der Waals surface area contributed by atoms with Gasteiger partial charge in [-0.05, 0) is 23.8 Å². The van der Waals surface area contributed by atoms with Crippen LogP contribution in [-0.2, 0) is 6.61 Å². The first-order chi connectivity index (χ1) is 9.60. The molecule has 3 rings (SSSR count). The van der Waals surface area contributed by atoms with Crippen molar-refractivity contribution in [1.82, 2.24) is 0 Å². The van der Waals surface area contributed by atoms with Gasteiger partial charge in [-0.15, -0.1) is 0 Å². The van der Waals surface area contributed by atoms with Crippen LogP contribution in [-0.4, -0.2) is 17.1 Å². The topological polar surface area (TPSA) is 66.6 Å². The molecular formula is C14H12N2O3S. The smallest absolute Gasteiger partial charge is 0.270 e. The van der Waals surface area contributed by atoms with E-state index in [2.05, 4.69) is 0 Å². The second-order valence-corrected chi connectivity index (χ2v) is 5.61. The second-order valence-electron chi connectivity index (χ2n) is 4.53. The van der Waals surface area contributed by atoms with Crippen LogP contribution in [0.5, 0.6) is 0 Å². The van der Waals surface area contributed by atoms with Crippen LogP contribution in [0.15, 0.2) is 46.2 Å². The van der Waals surface area contributed by atoms with Gasteiger partial charge in [-0.3, -0.25) is 10.1 Å². The lowest BCUT2D eigenvalue weighted by atomic mass is 10.2. The number of aliphatic hydroxyl groups is 1. The number of fused-ring (bicyclic) bond motifs is 2. The Kier molecular flexibility index (Phi) is 3.11. The Morgan fingerprint density at radius 1 is 1.20 bits per heavy atom. The van der Waals surface area contributed by atoms with Gasteiger partial charge in [0.25, 0.3) is 5.69 Å². The molecule has 2 aromatic carbocycles. The van der Waals surface area contributed by atoms with Crippen LogP contribution in [0.1, 0.15) is 5.56 Å². The molecule has 0 unspecified atom stereocenters. The van der Waals surface area contributed by atoms with Gasteiger partial charge in [-0.1, -0.05) is 17.8 Å². The van der Waals surface area contributed by atoms with E-state index in [4.69, 9.17) is 0 Å². The fourth-order valence-electron chi connectivity index (χ4n) is 2.24. The third-order valence-corrected chi connectivity index (χ3v) is 4.40. The molecule has 0 amide bonds. The third kappa shape index (κ3) is 2.03. The van der Waals surface area contributed by atoms with Gasteiger partial charge in [0.15, 0.2) is 0 Å². The molecule has 1 heterocycles. The normalized spacial score (nSPS) is 12.8. The van der Waals surface area contributed by atoms with E-state index in [1.165, 1.54) is 17.8 Å². The van der Waals surface area contributed by atoms with Gasteiger partial charge >= 0.3 is 0 Å². The molecule has 1 aliphatic heterocycles. The van der Waals surface area contributed by atoms with Crippen molar-refractivity contribution < 1.29 is 10.0 Å². The van der Waals surface area contributed by atoms with Crippen LogP contribution in [0.25, 0.3) is 0 Å². The highest BCUT2D eigenvalue weighted by Gasteiger charge is 2.23. The van der Waals surface area contributed by atoms with Crippen LogP contribution in [0.3, 0.4) is 0 Å². The van der Waals surface area contributed by atoms with E-state index in [1.54, 1.807) is 12.1 Å². The van der Waals surface area contributed by atoms with Gasteiger partial charge in [0.1, 0.15) is 0 Å². The fraction of sp³-hybridized carbons (Fsp3) is 0.143. The summed E-state index contributed by atoms with van der Waals surface area (Å²) in [5.41, 5.74) is 2.91. The molecule has 6 heteroatoms. The Labute approximate surface area is 120 Å². The monoisotopic (exact) mass is 288 g/mol. The summed E-state index contributed by atoms with van der Waals surface area (Å²) >= 11 is 1.49. The molecule has 1 N–H and O–H groups in total. The van der Waals surface area contributed by atoms with Crippen molar-refractivity contribution in [1.29, 1.82) is 0 Å². The molecule has 0 spiro atoms. The summed E-state index contributed by atoms with van der Waals surface area (Å²) in [4.78, 5) is 14.3. The molecular weight excluding hydrogens is 276 g/mol. The largest absolute Gasteiger partial charge is 0.392 e. The number of non-ortho nitro benzene ring substituents is 1. The third-order valence-electron chi connectivity index (χ3n) is 3.30. The lowest BCUT2D eigenvalue weighted by Crippen LogP contribution is -2.14. The zero-order chi connectivity index (χ0) is 14.3. The van der Waals surface area contributed by atoms with E-state index >= 15 is 0 Å². The minimum Gasteiger partial charge on any atom is -0.392 e. The van der Waals surface area contributed by atoms with Crippen molar-refractivity contribution in [2.24, 2.45) is 0 Å². The molecule has 0 fully saturated rings. The van der Waals surface area contributed by atoms with Crippen molar-refractivity contribution in [3.05, 3.63) is 52.1 Å². The van der Waals surface area contributed by atoms with Gasteiger partial charge in [0.2, 0.25) is 0 Å². The Morgan fingerprint density at radius 3 is 2.50 bits per heavy atom. The summed E-state index contributed by atoms with van der Waals surface area (Å²) in [5.74, 6) is 0. The lowest BCUT2D eigenvalue weighted by Gasteiger charge is -2.29. The molecule has 0 bridgehead atoms. The van der Waals surface area contributed by atoms with Gasteiger partial charge in [0, 0.05) is 29.0 Å². The van der Waals surface area contributed by atoms with E-state index in [9.17, 15) is 15.2 Å². The number of aliphatic hydroxyl groups excluding tert-OH is 1. The van der Waals surface area contributed by atoms with E-state index in [0.29, 0.717) is 0 Å². The van der Waals surface area contributed by atoms with Crippen molar-refractivity contribution in [2.75, 3.05) is 11.9 Å². The van der Waals surface area contributed by atoms with Crippen molar-refractivity contribution >= 4 is 28.8 Å². The molecule has 1 aliphatic rings. The Morgan fingerprint density at radius 2 is 1.85 bits per heavy atom. The first-order valence-corrected chi connectivity index (χ1v) is 6.85. The highest BCUT2D eigenvalue weighted by molar-refractivity contribution is 7.99. The molecule has 5 nitrogen and oxygen atoms in total. The Balaban J connectivity index is 2.09. The highest BCUT2D eigenvalue weighted by Crippen LogP contribution is 2.48. The van der Waals surface area contributed by atoms with Crippen molar-refractivity contribution in [3.63, 3.8) is 0 Å². The molecule has 0 radical (unpaired) electrons. The summed E-state index contributed by atoms with van der Waals surface area (Å²) in [7, 11) is 1.93. The maximum absolute atomic E-state index is 10.9. The summed E-state index contributed by atoms with van der Waals surface area (Å²) in [6, 6.07) is 10.6. The second kappa shape index (κ2) is 4.81. The SMILES string of the molecule is CN1c2ccc(CO)cc2Sc2cc([N+](=O)[O-])ccc21. The highest BCUT2D eigenvalue weighted by atomic mass is 32.2. The summed E-state index contributed by atoms with van der Waals surface area (Å²) < 4.78 is 0. The zero-order valence-corrected chi connectivity index (χ0v) is 11.6. The van der Waals surface area contributed by atoms with E-state index in [-0.39, 0.29) is 17.2 Å². The van der Waals surface area contributed by atoms with Gasteiger partial charge in [-0.25, -0.2) is 0 Å². The minimum absolute atomic E-state index is 0.0145. The Hall–Kier alpha value is -2.05. The van der Waals surface area contributed by atoms with E-state index in [1.807, 2.05) is 30.1 Å². The maximum Gasteiger partial charge on any atom is 0.270 e. The minimum atomic E-state index is -0.388. The number of rotatable bonds is 2. The lowest BCUT2D eigenvalue weighted by molar-refractivity contribution is -0.385. The first kappa shape index (κ1) is 13.0. The number of nitrogens with zero attached hydrogens (tertiary/aromatic N) is 2. The van der Waals surface area contributed by atoms with E-state index in [0.717, 1.165) is 26.7 Å². The Bertz CT molecular complexity index is 703. The van der Waals surface area contributed by atoms with E-state index < -0.39 is 0 Å². The molecule has 20 heavy (non-hydrogen) atoms. The van der Waals surface area contributed by atoms with Gasteiger partial charge in [-0.2, -0.15) is 0 Å². The average Bonchev–Trinajstić information content (AvgIpc) is 2.46. The predicted molar refractivity (Wildman–Crippen MR) is 77.6 cm³/mol. The quantitative estimate of drug-likeness (QED) is 0.678. The number of anilines is 2. The first-order valence-electron chi connectivity index (χ1n) is 6.04. The van der Waals surface area contributed by atoms with Gasteiger partial charge in [0.05, 0.1) is 22.9 Å². The molecule has 0 aromatic heterocycles. The van der Waals surface area contributed by atoms with Crippen LogP contribution < -0.4 is 4.90 Å². The summed E-state index contributed by atoms with van der Waals surface area (Å²) in [6.45, 7) is -0.0145. The number of nitro benzene ring substituents is 1. The number of hydrogen-bond donors (Lipinski definition) is 1. The number of nitro groups is 1. The number of hydrogen-bond acceptors (Lipinski definition) is 5. The average molecular weight is 288 g/mol. The molecule has 102 valence electrons. The molecule has 0 atom stereocenters. The number of benzene rings is 2. The summed E-state index contributed by atoms with van der Waals surface area (Å²) in [5, 5.41) is 20.1. The molecule has 0 saturated carbocycles. The van der Waals surface area contributed by atoms with Crippen LogP contribution in [0, 0.1) is 10.1 Å². The molecule has 0 saturated heterocycles.